The molecule has 2 aromatic rings. The largest absolute Gasteiger partial charge is 0.481 e. The first-order chi connectivity index (χ1) is 13.4. The Morgan fingerprint density at radius 1 is 1.21 bits per heavy atom. The van der Waals surface area contributed by atoms with E-state index in [1.54, 1.807) is 18.2 Å². The van der Waals surface area contributed by atoms with Crippen molar-refractivity contribution < 1.29 is 23.9 Å². The predicted molar refractivity (Wildman–Crippen MR) is 101 cm³/mol. The molecular weight excluding hydrogens is 363 g/mol. The average molecular weight is 384 g/mol. The highest BCUT2D eigenvalue weighted by Crippen LogP contribution is 2.28. The minimum atomic E-state index is -1.04. The number of anilines is 1. The molecular formula is C21H21FN2O4. The average Bonchev–Trinajstić information content (AvgIpc) is 3.03. The summed E-state index contributed by atoms with van der Waals surface area (Å²) in [6, 6.07) is 12.4. The number of amides is 2. The van der Waals surface area contributed by atoms with Gasteiger partial charge in [0, 0.05) is 13.0 Å². The predicted octanol–water partition coefficient (Wildman–Crippen LogP) is 2.82. The van der Waals surface area contributed by atoms with Gasteiger partial charge in [-0.25, -0.2) is 4.39 Å². The van der Waals surface area contributed by atoms with Gasteiger partial charge >= 0.3 is 5.97 Å². The molecule has 1 fully saturated rings. The summed E-state index contributed by atoms with van der Waals surface area (Å²) in [6.07, 6.45) is -0.317. The van der Waals surface area contributed by atoms with E-state index in [9.17, 15) is 23.9 Å². The van der Waals surface area contributed by atoms with E-state index in [-0.39, 0.29) is 31.0 Å². The maximum atomic E-state index is 14.0. The van der Waals surface area contributed by atoms with E-state index in [4.69, 9.17) is 0 Å². The van der Waals surface area contributed by atoms with Crippen molar-refractivity contribution >= 4 is 23.5 Å². The number of carbonyl (C=O) groups is 3. The van der Waals surface area contributed by atoms with Crippen molar-refractivity contribution in [2.75, 3.05) is 11.4 Å². The van der Waals surface area contributed by atoms with Crippen LogP contribution in [-0.4, -0.2) is 29.4 Å². The molecule has 146 valence electrons. The van der Waals surface area contributed by atoms with Gasteiger partial charge in [0.15, 0.2) is 0 Å². The number of carbonyl (C=O) groups excluding carboxylic acids is 2. The van der Waals surface area contributed by atoms with E-state index >= 15 is 0 Å². The molecule has 0 saturated carbocycles. The van der Waals surface area contributed by atoms with Crippen molar-refractivity contribution in [2.24, 2.45) is 5.92 Å². The number of aryl methyl sites for hydroxylation is 1. The first-order valence-electron chi connectivity index (χ1n) is 8.99. The van der Waals surface area contributed by atoms with Crippen LogP contribution in [0.2, 0.25) is 0 Å². The molecule has 0 bridgehead atoms. The summed E-state index contributed by atoms with van der Waals surface area (Å²) in [4.78, 5) is 37.6. The molecule has 1 heterocycles. The quantitative estimate of drug-likeness (QED) is 0.802. The second-order valence-corrected chi connectivity index (χ2v) is 6.87. The molecule has 0 radical (unpaired) electrons. The number of benzene rings is 2. The van der Waals surface area contributed by atoms with E-state index in [2.05, 4.69) is 5.32 Å². The van der Waals surface area contributed by atoms with Crippen LogP contribution in [0.3, 0.4) is 0 Å². The standard InChI is InChI=1S/C21H21FN2O4/c1-13-6-2-3-7-15(13)17(11-20(26)27)23-21(28)14-10-19(25)24(12-14)18-9-5-4-8-16(18)22/h2-9,14,17H,10-12H2,1H3,(H,23,28)(H,26,27). The fraction of sp³-hybridized carbons (Fsp3) is 0.286. The van der Waals surface area contributed by atoms with E-state index in [1.807, 2.05) is 19.1 Å². The SMILES string of the molecule is Cc1ccccc1C(CC(=O)O)NC(=O)C1CC(=O)N(c2ccccc2F)C1. The normalized spacial score (nSPS) is 17.4. The summed E-state index contributed by atoms with van der Waals surface area (Å²) in [5, 5.41) is 12.0. The van der Waals surface area contributed by atoms with Crippen molar-refractivity contribution in [3.8, 4) is 0 Å². The molecule has 2 aromatic carbocycles. The third-order valence-electron chi connectivity index (χ3n) is 4.90. The summed E-state index contributed by atoms with van der Waals surface area (Å²) in [5.74, 6) is -2.99. The maximum absolute atomic E-state index is 14.0. The van der Waals surface area contributed by atoms with Crippen LogP contribution in [0.25, 0.3) is 0 Å². The molecule has 2 unspecified atom stereocenters. The van der Waals surface area contributed by atoms with Gasteiger partial charge in [-0.3, -0.25) is 14.4 Å². The maximum Gasteiger partial charge on any atom is 0.305 e. The zero-order valence-corrected chi connectivity index (χ0v) is 15.4. The molecule has 2 N–H and O–H groups in total. The first-order valence-corrected chi connectivity index (χ1v) is 8.99. The highest BCUT2D eigenvalue weighted by molar-refractivity contribution is 6.00. The number of hydrogen-bond acceptors (Lipinski definition) is 3. The van der Waals surface area contributed by atoms with Crippen LogP contribution in [0.4, 0.5) is 10.1 Å². The van der Waals surface area contributed by atoms with Crippen LogP contribution in [0, 0.1) is 18.7 Å². The topological polar surface area (TPSA) is 86.7 Å². The Labute approximate surface area is 162 Å². The number of carboxylic acid groups (broad SMARTS) is 1. The van der Waals surface area contributed by atoms with E-state index in [1.165, 1.54) is 23.1 Å². The lowest BCUT2D eigenvalue weighted by atomic mass is 9.97. The van der Waals surface area contributed by atoms with E-state index < -0.39 is 29.7 Å². The molecule has 1 saturated heterocycles. The van der Waals surface area contributed by atoms with Crippen LogP contribution in [0.5, 0.6) is 0 Å². The van der Waals surface area contributed by atoms with E-state index in [0.717, 1.165) is 5.56 Å². The Morgan fingerprint density at radius 3 is 2.57 bits per heavy atom. The summed E-state index contributed by atoms with van der Waals surface area (Å²) in [5.41, 5.74) is 1.72. The summed E-state index contributed by atoms with van der Waals surface area (Å²) >= 11 is 0. The van der Waals surface area contributed by atoms with Crippen LogP contribution in [0.1, 0.15) is 30.0 Å². The highest BCUT2D eigenvalue weighted by atomic mass is 19.1. The number of halogens is 1. The monoisotopic (exact) mass is 384 g/mol. The molecule has 2 amide bonds. The van der Waals surface area contributed by atoms with Crippen LogP contribution < -0.4 is 10.2 Å². The fourth-order valence-electron chi connectivity index (χ4n) is 3.47. The van der Waals surface area contributed by atoms with Gasteiger partial charge in [-0.1, -0.05) is 36.4 Å². The highest BCUT2D eigenvalue weighted by Gasteiger charge is 2.37. The molecule has 0 aliphatic carbocycles. The van der Waals surface area contributed by atoms with Gasteiger partial charge in [0.25, 0.3) is 0 Å². The van der Waals surface area contributed by atoms with Crippen LogP contribution in [-0.2, 0) is 14.4 Å². The molecule has 3 rings (SSSR count). The number of nitrogens with zero attached hydrogens (tertiary/aromatic N) is 1. The molecule has 0 spiro atoms. The second kappa shape index (κ2) is 8.21. The van der Waals surface area contributed by atoms with Crippen molar-refractivity contribution in [1.82, 2.24) is 5.32 Å². The Morgan fingerprint density at radius 2 is 1.89 bits per heavy atom. The van der Waals surface area contributed by atoms with Gasteiger partial charge in [-0.15, -0.1) is 0 Å². The van der Waals surface area contributed by atoms with Gasteiger partial charge in [0.2, 0.25) is 11.8 Å². The molecule has 2 atom stereocenters. The van der Waals surface area contributed by atoms with Crippen molar-refractivity contribution in [3.05, 3.63) is 65.5 Å². The van der Waals surface area contributed by atoms with Gasteiger partial charge in [0.05, 0.1) is 24.1 Å². The van der Waals surface area contributed by atoms with Gasteiger partial charge in [-0.2, -0.15) is 0 Å². The number of carboxylic acids is 1. The second-order valence-electron chi connectivity index (χ2n) is 6.87. The minimum Gasteiger partial charge on any atom is -0.481 e. The molecule has 0 aromatic heterocycles. The smallest absolute Gasteiger partial charge is 0.305 e. The summed E-state index contributed by atoms with van der Waals surface area (Å²) in [6.45, 7) is 1.90. The lowest BCUT2D eigenvalue weighted by Crippen LogP contribution is -2.36. The van der Waals surface area contributed by atoms with Gasteiger partial charge in [0.1, 0.15) is 5.82 Å². The summed E-state index contributed by atoms with van der Waals surface area (Å²) in [7, 11) is 0. The number of hydrogen-bond donors (Lipinski definition) is 2. The van der Waals surface area contributed by atoms with Crippen molar-refractivity contribution in [3.63, 3.8) is 0 Å². The third-order valence-corrected chi connectivity index (χ3v) is 4.90. The van der Waals surface area contributed by atoms with Gasteiger partial charge < -0.3 is 15.3 Å². The van der Waals surface area contributed by atoms with Crippen molar-refractivity contribution in [1.29, 1.82) is 0 Å². The Balaban J connectivity index is 1.76. The summed E-state index contributed by atoms with van der Waals surface area (Å²) < 4.78 is 14.0. The fourth-order valence-corrected chi connectivity index (χ4v) is 3.47. The van der Waals surface area contributed by atoms with E-state index in [0.29, 0.717) is 5.56 Å². The number of nitrogens with one attached hydrogen (secondary N) is 1. The lowest BCUT2D eigenvalue weighted by Gasteiger charge is -2.22. The molecule has 1 aliphatic heterocycles. The molecule has 28 heavy (non-hydrogen) atoms. The lowest BCUT2D eigenvalue weighted by molar-refractivity contribution is -0.138. The van der Waals surface area contributed by atoms with Crippen LogP contribution in [0.15, 0.2) is 48.5 Å². The molecule has 6 nitrogen and oxygen atoms in total. The van der Waals surface area contributed by atoms with Crippen molar-refractivity contribution in [2.45, 2.75) is 25.8 Å². The minimum absolute atomic E-state index is 0.0479. The number of rotatable bonds is 6. The third kappa shape index (κ3) is 4.19. The Bertz CT molecular complexity index is 915. The molecule has 7 heteroatoms. The zero-order chi connectivity index (χ0) is 20.3. The first kappa shape index (κ1) is 19.5. The number of aliphatic carboxylic acids is 1. The zero-order valence-electron chi connectivity index (χ0n) is 15.4. The molecule has 1 aliphatic rings. The Kier molecular flexibility index (Phi) is 5.73. The van der Waals surface area contributed by atoms with Gasteiger partial charge in [-0.05, 0) is 30.2 Å². The van der Waals surface area contributed by atoms with Crippen LogP contribution >= 0.6 is 0 Å². The number of para-hydroxylation sites is 1. The Hall–Kier alpha value is -3.22.